The maximum Gasteiger partial charge on any atom is 0.0493 e. The number of nitrogens with zero attached hydrogens (tertiary/aromatic N) is 2. The summed E-state index contributed by atoms with van der Waals surface area (Å²) >= 11 is 0. The standard InChI is InChI=1S/C74H80N2/c1-11-13-15-19-29-61-49-72(70-46-58(10)74(48-56(70)8)76(64-37-33-52(4)34-38-64)66-40-42-68(54(6)44-66)60-27-23-18-24-28-60)62(30-20-16-14-12-2)50-71(61)69-45-57(9)73(47-55(69)7)75(63-35-31-51(3)32-36-63)65-39-41-67(53(5)43-65)59-25-21-17-22-26-59/h17-18,21-28,31-50H,11-16,19-20,29-30H2,1-10H3. The first-order valence-electron chi connectivity index (χ1n) is 28.4. The normalized spacial score (nSPS) is 11.3. The van der Waals surface area contributed by atoms with E-state index in [4.69, 9.17) is 0 Å². The zero-order valence-electron chi connectivity index (χ0n) is 47.3. The Balaban J connectivity index is 1.16. The number of benzene rings is 9. The highest BCUT2D eigenvalue weighted by molar-refractivity contribution is 5.88. The monoisotopic (exact) mass is 997 g/mol. The van der Waals surface area contributed by atoms with E-state index in [1.807, 2.05) is 0 Å². The molecule has 0 heterocycles. The second-order valence-corrected chi connectivity index (χ2v) is 21.8. The fourth-order valence-electron chi connectivity index (χ4n) is 11.5. The lowest BCUT2D eigenvalue weighted by molar-refractivity contribution is 0.664. The minimum Gasteiger partial charge on any atom is -0.310 e. The maximum absolute atomic E-state index is 2.62. The molecule has 9 aromatic rings. The molecule has 0 atom stereocenters. The Kier molecular flexibility index (Phi) is 17.2. The molecule has 0 radical (unpaired) electrons. The highest BCUT2D eigenvalue weighted by Crippen LogP contribution is 2.46. The molecule has 0 saturated heterocycles. The average Bonchev–Trinajstić information content (AvgIpc) is 3.43. The van der Waals surface area contributed by atoms with Gasteiger partial charge in [-0.1, -0.05) is 173 Å². The first-order valence-corrected chi connectivity index (χ1v) is 28.4. The van der Waals surface area contributed by atoms with Gasteiger partial charge in [-0.05, 0) is 243 Å². The van der Waals surface area contributed by atoms with Crippen molar-refractivity contribution >= 4 is 34.1 Å². The Hall–Kier alpha value is -7.42. The number of hydrogen-bond donors (Lipinski definition) is 0. The van der Waals surface area contributed by atoms with Crippen LogP contribution in [0.4, 0.5) is 34.1 Å². The van der Waals surface area contributed by atoms with Gasteiger partial charge in [-0.15, -0.1) is 0 Å². The van der Waals surface area contributed by atoms with Gasteiger partial charge >= 0.3 is 0 Å². The number of unbranched alkanes of at least 4 members (excludes halogenated alkanes) is 6. The van der Waals surface area contributed by atoms with Gasteiger partial charge in [0.2, 0.25) is 0 Å². The summed E-state index contributed by atoms with van der Waals surface area (Å²) in [6.45, 7) is 22.8. The van der Waals surface area contributed by atoms with E-state index in [1.165, 1.54) is 174 Å². The largest absolute Gasteiger partial charge is 0.310 e. The van der Waals surface area contributed by atoms with Crippen LogP contribution in [-0.2, 0) is 12.8 Å². The van der Waals surface area contributed by atoms with Crippen LogP contribution in [0.3, 0.4) is 0 Å². The molecule has 386 valence electrons. The van der Waals surface area contributed by atoms with Gasteiger partial charge < -0.3 is 9.80 Å². The highest BCUT2D eigenvalue weighted by atomic mass is 15.1. The van der Waals surface area contributed by atoms with Crippen molar-refractivity contribution in [3.05, 3.63) is 238 Å². The Morgan fingerprint density at radius 1 is 0.276 bits per heavy atom. The number of hydrogen-bond acceptors (Lipinski definition) is 2. The van der Waals surface area contributed by atoms with Crippen LogP contribution < -0.4 is 9.80 Å². The number of anilines is 6. The summed E-state index contributed by atoms with van der Waals surface area (Å²) in [5, 5.41) is 0. The molecule has 0 unspecified atom stereocenters. The third kappa shape index (κ3) is 12.0. The van der Waals surface area contributed by atoms with Crippen LogP contribution in [-0.4, -0.2) is 0 Å². The van der Waals surface area contributed by atoms with Crippen LogP contribution >= 0.6 is 0 Å². The van der Waals surface area contributed by atoms with Crippen molar-refractivity contribution in [3.63, 3.8) is 0 Å². The van der Waals surface area contributed by atoms with E-state index >= 15 is 0 Å². The highest BCUT2D eigenvalue weighted by Gasteiger charge is 2.23. The summed E-state index contributed by atoms with van der Waals surface area (Å²) in [6, 6.07) is 68.7. The molecule has 0 amide bonds. The first-order chi connectivity index (χ1) is 36.9. The van der Waals surface area contributed by atoms with Gasteiger partial charge in [0.25, 0.3) is 0 Å². The summed E-state index contributed by atoms with van der Waals surface area (Å²) in [5.41, 5.74) is 30.7. The lowest BCUT2D eigenvalue weighted by atomic mass is 9.84. The van der Waals surface area contributed by atoms with Gasteiger partial charge in [-0.2, -0.15) is 0 Å². The number of rotatable bonds is 20. The molecule has 0 fully saturated rings. The Labute approximate surface area is 457 Å². The second-order valence-electron chi connectivity index (χ2n) is 21.8. The van der Waals surface area contributed by atoms with Crippen LogP contribution in [0.5, 0.6) is 0 Å². The van der Waals surface area contributed by atoms with Crippen LogP contribution in [0.15, 0.2) is 182 Å². The second kappa shape index (κ2) is 24.5. The predicted molar refractivity (Wildman–Crippen MR) is 331 cm³/mol. The molecular weight excluding hydrogens is 917 g/mol. The van der Waals surface area contributed by atoms with Crippen molar-refractivity contribution in [2.75, 3.05) is 9.80 Å². The lowest BCUT2D eigenvalue weighted by Gasteiger charge is -2.30. The van der Waals surface area contributed by atoms with Crippen molar-refractivity contribution in [2.24, 2.45) is 0 Å². The van der Waals surface area contributed by atoms with E-state index in [1.54, 1.807) is 0 Å². The van der Waals surface area contributed by atoms with Gasteiger partial charge in [-0.3, -0.25) is 0 Å². The molecule has 0 saturated carbocycles. The zero-order valence-corrected chi connectivity index (χ0v) is 47.3. The quantitative estimate of drug-likeness (QED) is 0.0702. The van der Waals surface area contributed by atoms with E-state index in [0.29, 0.717) is 0 Å². The SMILES string of the molecule is CCCCCCc1cc(-c2cc(C)c(N(c3ccc(C)cc3)c3ccc(-c4ccccc4)c(C)c3)cc2C)c(CCCCCC)cc1-c1cc(C)c(N(c2ccc(C)cc2)c2ccc(-c3ccccc3)c(C)c2)cc1C. The van der Waals surface area contributed by atoms with Crippen molar-refractivity contribution in [1.29, 1.82) is 0 Å². The van der Waals surface area contributed by atoms with Gasteiger partial charge in [0, 0.05) is 34.1 Å². The topological polar surface area (TPSA) is 6.48 Å². The minimum atomic E-state index is 1.05. The molecular formula is C74H80N2. The summed E-state index contributed by atoms with van der Waals surface area (Å²) in [7, 11) is 0. The Morgan fingerprint density at radius 2 is 0.632 bits per heavy atom. The van der Waals surface area contributed by atoms with Gasteiger partial charge in [-0.25, -0.2) is 0 Å². The summed E-state index contributed by atoms with van der Waals surface area (Å²) < 4.78 is 0. The minimum absolute atomic E-state index is 1.05. The molecule has 2 heteroatoms. The molecule has 0 bridgehead atoms. The summed E-state index contributed by atoms with van der Waals surface area (Å²) in [5.74, 6) is 0. The Bertz CT molecular complexity index is 3170. The van der Waals surface area contributed by atoms with Gasteiger partial charge in [0.1, 0.15) is 0 Å². The van der Waals surface area contributed by atoms with Crippen LogP contribution in [0.1, 0.15) is 121 Å². The maximum atomic E-state index is 2.62. The van der Waals surface area contributed by atoms with E-state index in [-0.39, 0.29) is 0 Å². The lowest BCUT2D eigenvalue weighted by Crippen LogP contribution is -2.12. The van der Waals surface area contributed by atoms with Gasteiger partial charge in [0.15, 0.2) is 0 Å². The summed E-state index contributed by atoms with van der Waals surface area (Å²) in [6.07, 6.45) is 11.9. The third-order valence-electron chi connectivity index (χ3n) is 15.8. The summed E-state index contributed by atoms with van der Waals surface area (Å²) in [4.78, 5) is 4.94. The van der Waals surface area contributed by atoms with E-state index in [2.05, 4.69) is 261 Å². The molecule has 0 spiro atoms. The zero-order chi connectivity index (χ0) is 53.3. The van der Waals surface area contributed by atoms with Crippen LogP contribution in [0, 0.1) is 55.4 Å². The molecule has 9 aromatic carbocycles. The van der Waals surface area contributed by atoms with E-state index in [9.17, 15) is 0 Å². The average molecular weight is 997 g/mol. The molecule has 2 nitrogen and oxygen atoms in total. The molecule has 0 N–H and O–H groups in total. The van der Waals surface area contributed by atoms with Crippen molar-refractivity contribution < 1.29 is 0 Å². The fourth-order valence-corrected chi connectivity index (χ4v) is 11.5. The van der Waals surface area contributed by atoms with Crippen LogP contribution in [0.25, 0.3) is 44.5 Å². The van der Waals surface area contributed by atoms with E-state index < -0.39 is 0 Å². The molecule has 0 aromatic heterocycles. The molecule has 76 heavy (non-hydrogen) atoms. The van der Waals surface area contributed by atoms with E-state index in [0.717, 1.165) is 24.2 Å². The molecule has 0 aliphatic rings. The Morgan fingerprint density at radius 3 is 0.987 bits per heavy atom. The molecule has 9 rings (SSSR count). The third-order valence-corrected chi connectivity index (χ3v) is 15.8. The van der Waals surface area contributed by atoms with Gasteiger partial charge in [0.05, 0.1) is 0 Å². The number of aryl methyl sites for hydroxylation is 10. The molecule has 0 aliphatic carbocycles. The first kappa shape index (κ1) is 53.4. The van der Waals surface area contributed by atoms with Crippen molar-refractivity contribution in [2.45, 2.75) is 133 Å². The smallest absolute Gasteiger partial charge is 0.0493 e. The van der Waals surface area contributed by atoms with Crippen molar-refractivity contribution in [1.82, 2.24) is 0 Å². The fraction of sp³-hybridized carbons (Fsp3) is 0.270. The van der Waals surface area contributed by atoms with Crippen LogP contribution in [0.2, 0.25) is 0 Å². The predicted octanol–water partition coefficient (Wildman–Crippen LogP) is 22.0. The van der Waals surface area contributed by atoms with Crippen molar-refractivity contribution in [3.8, 4) is 44.5 Å². The molecule has 0 aliphatic heterocycles.